The average Bonchev–Trinajstić information content (AvgIpc) is 2.45. The summed E-state index contributed by atoms with van der Waals surface area (Å²) in [7, 11) is 0. The van der Waals surface area contributed by atoms with Crippen molar-refractivity contribution in [2.45, 2.75) is 18.8 Å². The van der Waals surface area contributed by atoms with Gasteiger partial charge >= 0.3 is 0 Å². The highest BCUT2D eigenvalue weighted by molar-refractivity contribution is 5.24. The van der Waals surface area contributed by atoms with E-state index < -0.39 is 5.82 Å². The molecule has 1 aliphatic heterocycles. The van der Waals surface area contributed by atoms with Crippen LogP contribution in [-0.2, 0) is 0 Å². The van der Waals surface area contributed by atoms with E-state index in [-0.39, 0.29) is 24.3 Å². The van der Waals surface area contributed by atoms with E-state index in [0.29, 0.717) is 18.7 Å². The van der Waals surface area contributed by atoms with Crippen LogP contribution >= 0.6 is 0 Å². The van der Waals surface area contributed by atoms with Gasteiger partial charge in [0.2, 0.25) is 0 Å². The number of benzene rings is 1. The predicted octanol–water partition coefficient (Wildman–Crippen LogP) is 1.71. The predicted molar refractivity (Wildman–Crippen MR) is 74.4 cm³/mol. The van der Waals surface area contributed by atoms with Gasteiger partial charge in [-0.15, -0.1) is 0 Å². The van der Waals surface area contributed by atoms with Crippen molar-refractivity contribution < 1.29 is 13.9 Å². The lowest BCUT2D eigenvalue weighted by Gasteiger charge is -2.35. The molecule has 3 nitrogen and oxygen atoms in total. The Hall–Kier alpha value is -1.04. The third-order valence-corrected chi connectivity index (χ3v) is 4.23. The minimum Gasteiger partial charge on any atom is -0.395 e. The quantitative estimate of drug-likeness (QED) is 0.865. The number of hydrogen-bond acceptors (Lipinski definition) is 3. The molecule has 0 spiro atoms. The zero-order valence-corrected chi connectivity index (χ0v) is 11.6. The van der Waals surface area contributed by atoms with Gasteiger partial charge in [0, 0.05) is 12.5 Å². The Kier molecular flexibility index (Phi) is 5.46. The van der Waals surface area contributed by atoms with E-state index in [2.05, 4.69) is 4.90 Å². The normalized spacial score (nSPS) is 19.2. The zero-order valence-electron chi connectivity index (χ0n) is 11.6. The second kappa shape index (κ2) is 7.11. The van der Waals surface area contributed by atoms with Gasteiger partial charge in [0.25, 0.3) is 0 Å². The lowest BCUT2D eigenvalue weighted by Crippen LogP contribution is -2.38. The van der Waals surface area contributed by atoms with Crippen molar-refractivity contribution in [1.82, 2.24) is 4.90 Å². The topological polar surface area (TPSA) is 49.5 Å². The summed E-state index contributed by atoms with van der Waals surface area (Å²) < 4.78 is 27.2. The number of aliphatic hydroxyl groups excluding tert-OH is 1. The number of likely N-dealkylation sites (tertiary alicyclic amines) is 1. The van der Waals surface area contributed by atoms with E-state index >= 15 is 0 Å². The molecular formula is C15H22F2N2O. The fourth-order valence-corrected chi connectivity index (χ4v) is 3.09. The maximum atomic E-state index is 13.9. The first kappa shape index (κ1) is 15.4. The lowest BCUT2D eigenvalue weighted by molar-refractivity contribution is 0.138. The summed E-state index contributed by atoms with van der Waals surface area (Å²) in [5.41, 5.74) is 6.20. The molecule has 1 aliphatic rings. The summed E-state index contributed by atoms with van der Waals surface area (Å²) in [6.07, 6.45) is 1.80. The number of β-amino-alcohol motifs (C(OH)–C–C–N with tert-alkyl or cyclic N) is 1. The van der Waals surface area contributed by atoms with Crippen molar-refractivity contribution in [3.63, 3.8) is 0 Å². The van der Waals surface area contributed by atoms with Crippen molar-refractivity contribution in [2.24, 2.45) is 11.7 Å². The molecule has 5 heteroatoms. The second-order valence-corrected chi connectivity index (χ2v) is 5.41. The van der Waals surface area contributed by atoms with Crippen molar-refractivity contribution in [2.75, 3.05) is 32.8 Å². The van der Waals surface area contributed by atoms with Gasteiger partial charge in [0.1, 0.15) is 11.6 Å². The van der Waals surface area contributed by atoms with Crippen molar-refractivity contribution in [3.8, 4) is 0 Å². The number of hydrogen-bond donors (Lipinski definition) is 2. The SMILES string of the molecule is NCC(c1cc(F)ccc1F)C1CCN(CCO)CC1. The molecule has 1 aromatic carbocycles. The number of piperidine rings is 1. The molecule has 0 radical (unpaired) electrons. The van der Waals surface area contributed by atoms with Gasteiger partial charge in [0.15, 0.2) is 0 Å². The average molecular weight is 284 g/mol. The van der Waals surface area contributed by atoms with Crippen LogP contribution in [0.3, 0.4) is 0 Å². The summed E-state index contributed by atoms with van der Waals surface area (Å²) >= 11 is 0. The maximum absolute atomic E-state index is 13.9. The Morgan fingerprint density at radius 1 is 1.30 bits per heavy atom. The van der Waals surface area contributed by atoms with Crippen LogP contribution in [0.25, 0.3) is 0 Å². The third-order valence-electron chi connectivity index (χ3n) is 4.23. The Morgan fingerprint density at radius 3 is 2.60 bits per heavy atom. The molecule has 1 aromatic rings. The van der Waals surface area contributed by atoms with Crippen LogP contribution < -0.4 is 5.73 Å². The molecule has 20 heavy (non-hydrogen) atoms. The molecule has 1 heterocycles. The maximum Gasteiger partial charge on any atom is 0.126 e. The van der Waals surface area contributed by atoms with Gasteiger partial charge in [-0.1, -0.05) is 0 Å². The zero-order chi connectivity index (χ0) is 14.5. The minimum atomic E-state index is -0.419. The Morgan fingerprint density at radius 2 is 2.00 bits per heavy atom. The van der Waals surface area contributed by atoms with Crippen LogP contribution in [0, 0.1) is 17.6 Å². The molecule has 0 aliphatic carbocycles. The third kappa shape index (κ3) is 3.53. The number of nitrogens with two attached hydrogens (primary N) is 1. The van der Waals surface area contributed by atoms with E-state index in [0.717, 1.165) is 32.0 Å². The van der Waals surface area contributed by atoms with Gasteiger partial charge in [0.05, 0.1) is 6.61 Å². The van der Waals surface area contributed by atoms with Crippen molar-refractivity contribution in [3.05, 3.63) is 35.4 Å². The number of nitrogens with zero attached hydrogens (tertiary/aromatic N) is 1. The number of halogens is 2. The van der Waals surface area contributed by atoms with E-state index in [9.17, 15) is 8.78 Å². The second-order valence-electron chi connectivity index (χ2n) is 5.41. The molecule has 0 bridgehead atoms. The molecule has 0 aromatic heterocycles. The summed E-state index contributed by atoms with van der Waals surface area (Å²) in [6.45, 7) is 2.90. The molecule has 1 fully saturated rings. The fraction of sp³-hybridized carbons (Fsp3) is 0.600. The first-order valence-electron chi connectivity index (χ1n) is 7.14. The molecule has 1 atom stereocenters. The number of rotatable bonds is 5. The molecular weight excluding hydrogens is 262 g/mol. The standard InChI is InChI=1S/C15H22F2N2O/c16-12-1-2-15(17)13(9-12)14(10-18)11-3-5-19(6-4-11)7-8-20/h1-2,9,11,14,20H,3-8,10,18H2. The summed E-state index contributed by atoms with van der Waals surface area (Å²) in [5.74, 6) is -0.662. The summed E-state index contributed by atoms with van der Waals surface area (Å²) in [6, 6.07) is 3.58. The molecule has 0 amide bonds. The minimum absolute atomic E-state index is 0.137. The summed E-state index contributed by atoms with van der Waals surface area (Å²) in [4.78, 5) is 2.19. The molecule has 0 saturated carbocycles. The van der Waals surface area contributed by atoms with E-state index in [1.54, 1.807) is 0 Å². The molecule has 1 unspecified atom stereocenters. The van der Waals surface area contributed by atoms with Crippen LogP contribution in [0.1, 0.15) is 24.3 Å². The van der Waals surface area contributed by atoms with Gasteiger partial charge < -0.3 is 15.7 Å². The van der Waals surface area contributed by atoms with E-state index in [1.165, 1.54) is 12.1 Å². The first-order chi connectivity index (χ1) is 9.65. The lowest BCUT2D eigenvalue weighted by atomic mass is 9.80. The smallest absolute Gasteiger partial charge is 0.126 e. The Bertz CT molecular complexity index is 434. The van der Waals surface area contributed by atoms with Crippen LogP contribution in [0.4, 0.5) is 8.78 Å². The van der Waals surface area contributed by atoms with Gasteiger partial charge in [-0.25, -0.2) is 8.78 Å². The Balaban J connectivity index is 2.07. The Labute approximate surface area is 118 Å². The molecule has 112 valence electrons. The molecule has 3 N–H and O–H groups in total. The first-order valence-corrected chi connectivity index (χ1v) is 7.14. The number of aliphatic hydroxyl groups is 1. The monoisotopic (exact) mass is 284 g/mol. The van der Waals surface area contributed by atoms with Gasteiger partial charge in [-0.05, 0) is 62.2 Å². The van der Waals surface area contributed by atoms with Gasteiger partial charge in [-0.3, -0.25) is 0 Å². The van der Waals surface area contributed by atoms with Crippen LogP contribution in [-0.4, -0.2) is 42.8 Å². The van der Waals surface area contributed by atoms with E-state index in [4.69, 9.17) is 10.8 Å². The van der Waals surface area contributed by atoms with E-state index in [1.807, 2.05) is 0 Å². The van der Waals surface area contributed by atoms with Crippen LogP contribution in [0.2, 0.25) is 0 Å². The van der Waals surface area contributed by atoms with Gasteiger partial charge in [-0.2, -0.15) is 0 Å². The van der Waals surface area contributed by atoms with Crippen molar-refractivity contribution >= 4 is 0 Å². The molecule has 1 saturated heterocycles. The highest BCUT2D eigenvalue weighted by atomic mass is 19.1. The highest BCUT2D eigenvalue weighted by Gasteiger charge is 2.28. The van der Waals surface area contributed by atoms with Crippen LogP contribution in [0.5, 0.6) is 0 Å². The molecule has 2 rings (SSSR count). The summed E-state index contributed by atoms with van der Waals surface area (Å²) in [5, 5.41) is 8.93. The highest BCUT2D eigenvalue weighted by Crippen LogP contribution is 2.33. The van der Waals surface area contributed by atoms with Crippen molar-refractivity contribution in [1.29, 1.82) is 0 Å². The fourth-order valence-electron chi connectivity index (χ4n) is 3.09. The van der Waals surface area contributed by atoms with Crippen LogP contribution in [0.15, 0.2) is 18.2 Å². The largest absolute Gasteiger partial charge is 0.395 e.